The molecule has 0 aliphatic heterocycles. The summed E-state index contributed by atoms with van der Waals surface area (Å²) < 4.78 is 0. The Morgan fingerprint density at radius 3 is 2.50 bits per heavy atom. The van der Waals surface area contributed by atoms with Crippen molar-refractivity contribution >= 4 is 0 Å². The molecule has 0 heterocycles. The molecule has 0 spiro atoms. The molecule has 1 heteroatoms. The molecule has 0 saturated heterocycles. The van der Waals surface area contributed by atoms with E-state index in [-0.39, 0.29) is 0 Å². The van der Waals surface area contributed by atoms with Crippen LogP contribution in [0.2, 0.25) is 0 Å². The lowest BCUT2D eigenvalue weighted by molar-refractivity contribution is 0.538. The minimum absolute atomic E-state index is 0.696. The van der Waals surface area contributed by atoms with Gasteiger partial charge >= 0.3 is 0 Å². The molecular weight excluding hydrogens is 170 g/mol. The Bertz CT molecular complexity index is 291. The van der Waals surface area contributed by atoms with Gasteiger partial charge in [0.05, 0.1) is 0 Å². The smallest absolute Gasteiger partial charge is 0.00746 e. The van der Waals surface area contributed by atoms with E-state index in [4.69, 9.17) is 5.73 Å². The number of aryl methyl sites for hydroxylation is 2. The van der Waals surface area contributed by atoms with E-state index in [1.807, 2.05) is 0 Å². The van der Waals surface area contributed by atoms with Gasteiger partial charge in [-0.2, -0.15) is 0 Å². The third kappa shape index (κ3) is 3.15. The summed E-state index contributed by atoms with van der Waals surface area (Å²) in [6, 6.07) is 6.73. The molecule has 1 aromatic carbocycles. The van der Waals surface area contributed by atoms with Crippen molar-refractivity contribution in [3.63, 3.8) is 0 Å². The predicted octanol–water partition coefficient (Wildman–Crippen LogP) is 2.83. The van der Waals surface area contributed by atoms with Gasteiger partial charge in [-0.3, -0.25) is 0 Å². The van der Waals surface area contributed by atoms with Crippen LogP contribution in [-0.4, -0.2) is 6.54 Å². The number of hydrogen-bond acceptors (Lipinski definition) is 1. The second kappa shape index (κ2) is 5.16. The lowest BCUT2D eigenvalue weighted by Gasteiger charge is -2.11. The second-order valence-corrected chi connectivity index (χ2v) is 4.31. The zero-order valence-electron chi connectivity index (χ0n) is 9.51. The van der Waals surface area contributed by atoms with Crippen molar-refractivity contribution in [2.45, 2.75) is 33.6 Å². The Hall–Kier alpha value is -0.820. The highest BCUT2D eigenvalue weighted by Crippen LogP contribution is 2.15. The number of benzene rings is 1. The molecule has 0 aliphatic carbocycles. The molecule has 1 nitrogen and oxygen atoms in total. The molecule has 0 aromatic heterocycles. The lowest BCUT2D eigenvalue weighted by atomic mass is 9.96. The van der Waals surface area contributed by atoms with Gasteiger partial charge in [0.25, 0.3) is 0 Å². The zero-order chi connectivity index (χ0) is 10.6. The summed E-state index contributed by atoms with van der Waals surface area (Å²) >= 11 is 0. The highest BCUT2D eigenvalue weighted by atomic mass is 14.5. The van der Waals surface area contributed by atoms with E-state index in [0.717, 1.165) is 19.4 Å². The highest BCUT2D eigenvalue weighted by molar-refractivity contribution is 5.30. The monoisotopic (exact) mass is 191 g/mol. The maximum atomic E-state index is 5.54. The number of hydrogen-bond donors (Lipinski definition) is 1. The average Bonchev–Trinajstić information content (AvgIpc) is 2.12. The Morgan fingerprint density at radius 1 is 1.21 bits per heavy atom. The van der Waals surface area contributed by atoms with Crippen LogP contribution >= 0.6 is 0 Å². The van der Waals surface area contributed by atoms with E-state index in [9.17, 15) is 0 Å². The van der Waals surface area contributed by atoms with Crippen LogP contribution in [-0.2, 0) is 6.42 Å². The van der Waals surface area contributed by atoms with Gasteiger partial charge in [-0.15, -0.1) is 0 Å². The van der Waals surface area contributed by atoms with E-state index < -0.39 is 0 Å². The largest absolute Gasteiger partial charge is 0.330 e. The molecule has 0 radical (unpaired) electrons. The standard InChI is InChI=1S/C13H21N/c1-10(6-7-14)8-13-5-4-11(2)12(3)9-13/h4-5,9-10H,6-8,14H2,1-3H3. The van der Waals surface area contributed by atoms with Crippen molar-refractivity contribution in [2.24, 2.45) is 11.7 Å². The van der Waals surface area contributed by atoms with Crippen molar-refractivity contribution in [1.29, 1.82) is 0 Å². The van der Waals surface area contributed by atoms with Crippen LogP contribution in [0.3, 0.4) is 0 Å². The Kier molecular flexibility index (Phi) is 4.15. The van der Waals surface area contributed by atoms with Crippen LogP contribution in [0.25, 0.3) is 0 Å². The maximum absolute atomic E-state index is 5.54. The van der Waals surface area contributed by atoms with E-state index in [0.29, 0.717) is 5.92 Å². The first-order valence-corrected chi connectivity index (χ1v) is 5.39. The number of rotatable bonds is 4. The third-order valence-corrected chi connectivity index (χ3v) is 2.81. The van der Waals surface area contributed by atoms with Crippen molar-refractivity contribution in [2.75, 3.05) is 6.54 Å². The van der Waals surface area contributed by atoms with Crippen LogP contribution in [0.4, 0.5) is 0 Å². The van der Waals surface area contributed by atoms with Gasteiger partial charge in [0.2, 0.25) is 0 Å². The summed E-state index contributed by atoms with van der Waals surface area (Å²) in [7, 11) is 0. The van der Waals surface area contributed by atoms with Crippen LogP contribution < -0.4 is 5.73 Å². The molecule has 0 bridgehead atoms. The minimum Gasteiger partial charge on any atom is -0.330 e. The van der Waals surface area contributed by atoms with Gasteiger partial charge in [0, 0.05) is 0 Å². The van der Waals surface area contributed by atoms with Crippen LogP contribution in [0.5, 0.6) is 0 Å². The fourth-order valence-corrected chi connectivity index (χ4v) is 1.72. The van der Waals surface area contributed by atoms with Crippen molar-refractivity contribution in [3.05, 3.63) is 34.9 Å². The summed E-state index contributed by atoms with van der Waals surface area (Å²) in [5.74, 6) is 0.696. The fraction of sp³-hybridized carbons (Fsp3) is 0.538. The molecule has 1 rings (SSSR count). The molecule has 0 amide bonds. The normalized spacial score (nSPS) is 12.9. The van der Waals surface area contributed by atoms with E-state index in [1.54, 1.807) is 0 Å². The van der Waals surface area contributed by atoms with Crippen molar-refractivity contribution in [1.82, 2.24) is 0 Å². The van der Waals surface area contributed by atoms with Gasteiger partial charge in [-0.25, -0.2) is 0 Å². The fourth-order valence-electron chi connectivity index (χ4n) is 1.72. The molecule has 1 unspecified atom stereocenters. The van der Waals surface area contributed by atoms with Crippen molar-refractivity contribution in [3.8, 4) is 0 Å². The highest BCUT2D eigenvalue weighted by Gasteiger charge is 2.03. The van der Waals surface area contributed by atoms with Gasteiger partial charge in [0.15, 0.2) is 0 Å². The van der Waals surface area contributed by atoms with Gasteiger partial charge in [-0.05, 0) is 55.8 Å². The van der Waals surface area contributed by atoms with Crippen LogP contribution in [0, 0.1) is 19.8 Å². The first-order chi connectivity index (χ1) is 6.63. The van der Waals surface area contributed by atoms with Crippen LogP contribution in [0.15, 0.2) is 18.2 Å². The summed E-state index contributed by atoms with van der Waals surface area (Å²) in [5, 5.41) is 0. The Labute approximate surface area is 87.3 Å². The molecule has 14 heavy (non-hydrogen) atoms. The predicted molar refractivity (Wildman–Crippen MR) is 62.5 cm³/mol. The molecule has 1 atom stereocenters. The molecule has 1 aromatic rings. The SMILES string of the molecule is Cc1ccc(CC(C)CCN)cc1C. The summed E-state index contributed by atoms with van der Waals surface area (Å²) in [4.78, 5) is 0. The van der Waals surface area contributed by atoms with E-state index >= 15 is 0 Å². The van der Waals surface area contributed by atoms with Crippen LogP contribution in [0.1, 0.15) is 30.0 Å². The summed E-state index contributed by atoms with van der Waals surface area (Å²) in [6.07, 6.45) is 2.27. The van der Waals surface area contributed by atoms with Gasteiger partial charge in [0.1, 0.15) is 0 Å². The first kappa shape index (κ1) is 11.3. The topological polar surface area (TPSA) is 26.0 Å². The quantitative estimate of drug-likeness (QED) is 0.778. The van der Waals surface area contributed by atoms with Crippen molar-refractivity contribution < 1.29 is 0 Å². The third-order valence-electron chi connectivity index (χ3n) is 2.81. The average molecular weight is 191 g/mol. The zero-order valence-corrected chi connectivity index (χ0v) is 9.51. The molecule has 78 valence electrons. The Balaban J connectivity index is 2.63. The molecule has 0 saturated carbocycles. The number of nitrogens with two attached hydrogens (primary N) is 1. The molecular formula is C13H21N. The molecule has 0 aliphatic rings. The molecule has 0 fully saturated rings. The minimum atomic E-state index is 0.696. The summed E-state index contributed by atoms with van der Waals surface area (Å²) in [5.41, 5.74) is 9.74. The Morgan fingerprint density at radius 2 is 1.93 bits per heavy atom. The van der Waals surface area contributed by atoms with E-state index in [1.165, 1.54) is 16.7 Å². The van der Waals surface area contributed by atoms with Gasteiger partial charge < -0.3 is 5.73 Å². The van der Waals surface area contributed by atoms with Gasteiger partial charge in [-0.1, -0.05) is 25.1 Å². The first-order valence-electron chi connectivity index (χ1n) is 5.39. The molecule has 2 N–H and O–H groups in total. The second-order valence-electron chi connectivity index (χ2n) is 4.31. The summed E-state index contributed by atoms with van der Waals surface area (Å²) in [6.45, 7) is 7.39. The van der Waals surface area contributed by atoms with E-state index in [2.05, 4.69) is 39.0 Å². The maximum Gasteiger partial charge on any atom is -0.00746 e. The lowest BCUT2D eigenvalue weighted by Crippen LogP contribution is -2.08.